The highest BCUT2D eigenvalue weighted by molar-refractivity contribution is 5.61. The summed E-state index contributed by atoms with van der Waals surface area (Å²) in [7, 11) is 0. The molecule has 1 aliphatic heterocycles. The molecule has 0 amide bonds. The van der Waals surface area contributed by atoms with Gasteiger partial charge < -0.3 is 15.2 Å². The molecule has 126 valence electrons. The molecule has 3 rings (SSSR count). The smallest absolute Gasteiger partial charge is 0.295 e. The molecular weight excluding hydrogens is 303 g/mol. The van der Waals surface area contributed by atoms with Crippen LogP contribution in [0.3, 0.4) is 0 Å². The lowest BCUT2D eigenvalue weighted by Gasteiger charge is -2.37. The highest BCUT2D eigenvalue weighted by atomic mass is 19.1. The number of benzene rings is 1. The van der Waals surface area contributed by atoms with Crippen molar-refractivity contribution < 1.29 is 19.2 Å². The summed E-state index contributed by atoms with van der Waals surface area (Å²) in [6.07, 6.45) is 3.12. The van der Waals surface area contributed by atoms with Gasteiger partial charge in [0.1, 0.15) is 11.5 Å². The average Bonchev–Trinajstić information content (AvgIpc) is 2.83. The summed E-state index contributed by atoms with van der Waals surface area (Å²) in [5, 5.41) is 24.7. The first-order chi connectivity index (χ1) is 11.0. The maximum Gasteiger partial charge on any atom is 0.295 e. The number of rotatable bonds is 4. The van der Waals surface area contributed by atoms with Crippen LogP contribution in [-0.2, 0) is 4.74 Å². The number of hydrogen-bond acceptors (Lipinski definition) is 5. The second-order valence-electron chi connectivity index (χ2n) is 6.52. The number of nitrogens with one attached hydrogen (secondary N) is 1. The topological polar surface area (TPSA) is 84.6 Å². The van der Waals surface area contributed by atoms with Crippen molar-refractivity contribution in [2.75, 3.05) is 25.1 Å². The Morgan fingerprint density at radius 1 is 1.39 bits per heavy atom. The van der Waals surface area contributed by atoms with Crippen molar-refractivity contribution in [1.29, 1.82) is 0 Å². The molecule has 1 aliphatic carbocycles. The molecule has 2 aliphatic rings. The molecule has 2 fully saturated rings. The van der Waals surface area contributed by atoms with Gasteiger partial charge in [-0.25, -0.2) is 4.39 Å². The molecule has 1 saturated carbocycles. The average molecular weight is 324 g/mol. The number of anilines is 1. The fourth-order valence-corrected chi connectivity index (χ4v) is 3.86. The third-order valence-corrected chi connectivity index (χ3v) is 5.29. The number of halogens is 1. The number of aliphatic hydroxyl groups excluding tert-OH is 1. The van der Waals surface area contributed by atoms with Crippen LogP contribution >= 0.6 is 0 Å². The van der Waals surface area contributed by atoms with Crippen LogP contribution in [-0.4, -0.2) is 35.9 Å². The molecular formula is C16H21FN2O4. The number of nitrogens with zero attached hydrogens (tertiary/aromatic N) is 1. The Kier molecular flexibility index (Phi) is 4.50. The fourth-order valence-electron chi connectivity index (χ4n) is 3.86. The molecule has 2 atom stereocenters. The number of ether oxygens (including phenoxy) is 1. The Morgan fingerprint density at radius 2 is 2.13 bits per heavy atom. The summed E-state index contributed by atoms with van der Waals surface area (Å²) in [6.45, 7) is 1.80. The van der Waals surface area contributed by atoms with Gasteiger partial charge in [0.15, 0.2) is 0 Å². The van der Waals surface area contributed by atoms with E-state index < -0.39 is 16.8 Å². The first-order valence-corrected chi connectivity index (χ1v) is 7.95. The van der Waals surface area contributed by atoms with Gasteiger partial charge in [0, 0.05) is 31.1 Å². The van der Waals surface area contributed by atoms with Crippen LogP contribution in [0.2, 0.25) is 0 Å². The number of aliphatic hydroxyl groups is 1. The van der Waals surface area contributed by atoms with E-state index in [1.165, 1.54) is 12.1 Å². The van der Waals surface area contributed by atoms with Gasteiger partial charge in [-0.05, 0) is 37.8 Å². The van der Waals surface area contributed by atoms with E-state index >= 15 is 0 Å². The fraction of sp³-hybridized carbons (Fsp3) is 0.625. The summed E-state index contributed by atoms with van der Waals surface area (Å²) >= 11 is 0. The molecule has 2 unspecified atom stereocenters. The van der Waals surface area contributed by atoms with Crippen LogP contribution < -0.4 is 5.32 Å². The molecule has 0 aromatic heterocycles. The van der Waals surface area contributed by atoms with E-state index in [9.17, 15) is 19.6 Å². The molecule has 1 saturated heterocycles. The Hall–Kier alpha value is -1.73. The van der Waals surface area contributed by atoms with Gasteiger partial charge in [0.2, 0.25) is 0 Å². The number of hydrogen-bond donors (Lipinski definition) is 2. The van der Waals surface area contributed by atoms with Gasteiger partial charge in [-0.15, -0.1) is 0 Å². The summed E-state index contributed by atoms with van der Waals surface area (Å²) < 4.78 is 18.6. The molecule has 2 N–H and O–H groups in total. The molecule has 6 nitrogen and oxygen atoms in total. The van der Waals surface area contributed by atoms with E-state index in [1.807, 2.05) is 0 Å². The minimum Gasteiger partial charge on any atom is -0.392 e. The standard InChI is InChI=1S/C16H21FN2O4/c17-12-1-2-13(14(9-12)19(21)22)18-10-11-3-4-16(15(11)20)5-7-23-8-6-16/h1-2,9,11,15,18,20H,3-8,10H2. The predicted octanol–water partition coefficient (Wildman–Crippen LogP) is 2.71. The van der Waals surface area contributed by atoms with Gasteiger partial charge in [0.05, 0.1) is 17.1 Å². The first-order valence-electron chi connectivity index (χ1n) is 7.95. The number of nitro benzene ring substituents is 1. The third kappa shape index (κ3) is 3.16. The second-order valence-corrected chi connectivity index (χ2v) is 6.52. The Bertz CT molecular complexity index is 589. The van der Waals surface area contributed by atoms with Crippen molar-refractivity contribution in [1.82, 2.24) is 0 Å². The molecule has 1 heterocycles. The van der Waals surface area contributed by atoms with Crippen LogP contribution in [0.4, 0.5) is 15.8 Å². The zero-order chi connectivity index (χ0) is 16.4. The quantitative estimate of drug-likeness (QED) is 0.657. The Labute approximate surface area is 133 Å². The first kappa shape index (κ1) is 16.1. The predicted molar refractivity (Wildman–Crippen MR) is 82.8 cm³/mol. The summed E-state index contributed by atoms with van der Waals surface area (Å²) in [5.74, 6) is -0.595. The molecule has 23 heavy (non-hydrogen) atoms. The van der Waals surface area contributed by atoms with Crippen molar-refractivity contribution in [3.8, 4) is 0 Å². The summed E-state index contributed by atoms with van der Waals surface area (Å²) in [6, 6.07) is 3.48. The van der Waals surface area contributed by atoms with Gasteiger partial charge in [0.25, 0.3) is 5.69 Å². The molecule has 0 radical (unpaired) electrons. The van der Waals surface area contributed by atoms with Crippen molar-refractivity contribution in [2.45, 2.75) is 31.8 Å². The molecule has 7 heteroatoms. The van der Waals surface area contributed by atoms with Crippen LogP contribution in [0, 0.1) is 27.3 Å². The lowest BCUT2D eigenvalue weighted by Crippen LogP contribution is -2.40. The largest absolute Gasteiger partial charge is 0.392 e. The lowest BCUT2D eigenvalue weighted by molar-refractivity contribution is -0.384. The van der Waals surface area contributed by atoms with Crippen molar-refractivity contribution in [2.24, 2.45) is 11.3 Å². The zero-order valence-electron chi connectivity index (χ0n) is 12.8. The van der Waals surface area contributed by atoms with E-state index in [0.717, 1.165) is 31.7 Å². The highest BCUT2D eigenvalue weighted by Crippen LogP contribution is 2.48. The minimum atomic E-state index is -0.635. The van der Waals surface area contributed by atoms with E-state index in [2.05, 4.69) is 5.32 Å². The van der Waals surface area contributed by atoms with Gasteiger partial charge in [-0.2, -0.15) is 0 Å². The lowest BCUT2D eigenvalue weighted by atomic mass is 9.76. The second kappa shape index (κ2) is 6.41. The molecule has 0 bridgehead atoms. The molecule has 1 spiro atoms. The maximum absolute atomic E-state index is 13.2. The van der Waals surface area contributed by atoms with Gasteiger partial charge in [-0.3, -0.25) is 10.1 Å². The van der Waals surface area contributed by atoms with E-state index in [0.29, 0.717) is 19.8 Å². The minimum absolute atomic E-state index is 0.0396. The SMILES string of the molecule is O=[N+]([O-])c1cc(F)ccc1NCC1CCC2(CCOCC2)C1O. The maximum atomic E-state index is 13.2. The van der Waals surface area contributed by atoms with Gasteiger partial charge >= 0.3 is 0 Å². The Balaban J connectivity index is 1.66. The monoisotopic (exact) mass is 324 g/mol. The van der Waals surface area contributed by atoms with E-state index in [-0.39, 0.29) is 22.7 Å². The molecule has 1 aromatic carbocycles. The normalized spacial score (nSPS) is 26.3. The van der Waals surface area contributed by atoms with E-state index in [1.54, 1.807) is 0 Å². The number of nitro groups is 1. The van der Waals surface area contributed by atoms with Crippen molar-refractivity contribution in [3.63, 3.8) is 0 Å². The van der Waals surface area contributed by atoms with Crippen molar-refractivity contribution >= 4 is 11.4 Å². The Morgan fingerprint density at radius 3 is 2.83 bits per heavy atom. The summed E-state index contributed by atoms with van der Waals surface area (Å²) in [5.41, 5.74) is -0.0610. The van der Waals surface area contributed by atoms with Crippen LogP contribution in [0.15, 0.2) is 18.2 Å². The van der Waals surface area contributed by atoms with Crippen LogP contribution in [0.1, 0.15) is 25.7 Å². The van der Waals surface area contributed by atoms with Crippen molar-refractivity contribution in [3.05, 3.63) is 34.1 Å². The van der Waals surface area contributed by atoms with Gasteiger partial charge in [-0.1, -0.05) is 0 Å². The molecule has 1 aromatic rings. The highest BCUT2D eigenvalue weighted by Gasteiger charge is 2.48. The van der Waals surface area contributed by atoms with Crippen LogP contribution in [0.25, 0.3) is 0 Å². The van der Waals surface area contributed by atoms with E-state index in [4.69, 9.17) is 4.74 Å². The summed E-state index contributed by atoms with van der Waals surface area (Å²) in [4.78, 5) is 10.4. The van der Waals surface area contributed by atoms with Crippen LogP contribution in [0.5, 0.6) is 0 Å². The zero-order valence-corrected chi connectivity index (χ0v) is 12.8. The third-order valence-electron chi connectivity index (χ3n) is 5.29.